The van der Waals surface area contributed by atoms with E-state index in [0.717, 1.165) is 9.80 Å². The lowest BCUT2D eigenvalue weighted by Crippen LogP contribution is -2.53. The van der Waals surface area contributed by atoms with E-state index in [9.17, 15) is 24.3 Å². The molecule has 130 valence electrons. The Kier molecular flexibility index (Phi) is 6.13. The van der Waals surface area contributed by atoms with Gasteiger partial charge in [0, 0.05) is 20.6 Å². The van der Waals surface area contributed by atoms with E-state index in [1.807, 2.05) is 0 Å². The summed E-state index contributed by atoms with van der Waals surface area (Å²) < 4.78 is 0. The van der Waals surface area contributed by atoms with Crippen LogP contribution in [0, 0.1) is 0 Å². The van der Waals surface area contributed by atoms with Gasteiger partial charge in [-0.15, -0.1) is 0 Å². The summed E-state index contributed by atoms with van der Waals surface area (Å²) in [5.41, 5.74) is 5.27. The molecular formula is C12H22N6O5. The fourth-order valence-corrected chi connectivity index (χ4v) is 2.25. The van der Waals surface area contributed by atoms with Crippen molar-refractivity contribution < 1.29 is 24.3 Å². The first-order chi connectivity index (χ1) is 10.8. The summed E-state index contributed by atoms with van der Waals surface area (Å²) in [5, 5.41) is 16.4. The van der Waals surface area contributed by atoms with Crippen LogP contribution in [0.5, 0.6) is 0 Å². The number of nitrogens with two attached hydrogens (primary N) is 1. The lowest BCUT2D eigenvalue weighted by Gasteiger charge is -2.18. The predicted molar refractivity (Wildman–Crippen MR) is 79.3 cm³/mol. The number of aliphatic hydroxyl groups is 1. The maximum absolute atomic E-state index is 12.2. The average molecular weight is 330 g/mol. The molecule has 6 N–H and O–H groups in total. The van der Waals surface area contributed by atoms with Crippen molar-refractivity contribution in [3.05, 3.63) is 0 Å². The summed E-state index contributed by atoms with van der Waals surface area (Å²) in [4.78, 5) is 48.8. The summed E-state index contributed by atoms with van der Waals surface area (Å²) in [7, 11) is 2.61. The van der Waals surface area contributed by atoms with Crippen molar-refractivity contribution in [2.75, 3.05) is 27.2 Å². The quantitative estimate of drug-likeness (QED) is 0.355. The third-order valence-electron chi connectivity index (χ3n) is 3.47. The van der Waals surface area contributed by atoms with Crippen molar-refractivity contribution in [3.63, 3.8) is 0 Å². The molecule has 0 aliphatic carbocycles. The summed E-state index contributed by atoms with van der Waals surface area (Å²) in [6.07, 6.45) is 0. The number of nitrogens with one attached hydrogen (secondary N) is 3. The van der Waals surface area contributed by atoms with E-state index in [2.05, 4.69) is 16.0 Å². The molecule has 11 nitrogen and oxygen atoms in total. The van der Waals surface area contributed by atoms with Crippen LogP contribution >= 0.6 is 0 Å². The first kappa shape index (κ1) is 18.5. The molecule has 1 aliphatic heterocycles. The van der Waals surface area contributed by atoms with E-state index >= 15 is 0 Å². The summed E-state index contributed by atoms with van der Waals surface area (Å²) in [6.45, 7) is 1.60. The van der Waals surface area contributed by atoms with Gasteiger partial charge in [0.25, 0.3) is 0 Å². The van der Waals surface area contributed by atoms with Gasteiger partial charge in [0.15, 0.2) is 0 Å². The van der Waals surface area contributed by atoms with Gasteiger partial charge in [-0.3, -0.25) is 4.79 Å². The van der Waals surface area contributed by atoms with Crippen LogP contribution in [0.1, 0.15) is 6.92 Å². The maximum atomic E-state index is 12.2. The number of rotatable bonds is 5. The number of carbonyl (C=O) groups is 4. The molecule has 0 aromatic heterocycles. The Morgan fingerprint density at radius 1 is 1.35 bits per heavy atom. The zero-order valence-corrected chi connectivity index (χ0v) is 13.2. The minimum absolute atomic E-state index is 0.341. The molecule has 0 aromatic rings. The molecule has 1 rings (SSSR count). The molecule has 1 heterocycles. The summed E-state index contributed by atoms with van der Waals surface area (Å²) >= 11 is 0. The average Bonchev–Trinajstić information content (AvgIpc) is 3.24. The van der Waals surface area contributed by atoms with Gasteiger partial charge in [0.2, 0.25) is 5.91 Å². The number of primary amides is 1. The lowest BCUT2D eigenvalue weighted by molar-refractivity contribution is -0.119. The van der Waals surface area contributed by atoms with Crippen molar-refractivity contribution >= 4 is 24.0 Å². The highest BCUT2D eigenvalue weighted by Crippen LogP contribution is 2.32. The highest BCUT2D eigenvalue weighted by molar-refractivity contribution is 5.96. The fraction of sp³-hybridized carbons (Fsp3) is 0.667. The van der Waals surface area contributed by atoms with E-state index in [0.29, 0.717) is 6.54 Å². The smallest absolute Gasteiger partial charge is 0.328 e. The number of hydrogen-bond acceptors (Lipinski definition) is 5. The zero-order valence-electron chi connectivity index (χ0n) is 13.2. The molecule has 0 saturated carbocycles. The first-order valence-corrected chi connectivity index (χ1v) is 7.02. The molecule has 3 atom stereocenters. The Labute approximate surface area is 133 Å². The molecule has 1 fully saturated rings. The second-order valence-electron chi connectivity index (χ2n) is 4.93. The number of nitrogens with zero attached hydrogens (tertiary/aromatic N) is 2. The molecule has 3 unspecified atom stereocenters. The van der Waals surface area contributed by atoms with Crippen molar-refractivity contribution in [2.45, 2.75) is 25.0 Å². The number of urea groups is 3. The van der Waals surface area contributed by atoms with Gasteiger partial charge in [-0.2, -0.15) is 0 Å². The normalized spacial score (nSPS) is 20.3. The minimum Gasteiger partial charge on any atom is -0.394 e. The predicted octanol–water partition coefficient (Wildman–Crippen LogP) is -2.40. The maximum Gasteiger partial charge on any atom is 0.328 e. The molecular weight excluding hydrogens is 308 g/mol. The number of amides is 7. The number of imide groups is 1. The lowest BCUT2D eigenvalue weighted by atomic mass is 10.1. The standard InChI is InChI=1S/C12H22N6O5/c1-4-15-10(21)16-7(9(13)20)8-6(5-19)18(8)12(23)17(3)11(22)14-2/h6-8,19H,4-5H2,1-3H3,(H2,13,20)(H,14,22)(H2,15,16,21). The molecule has 0 bridgehead atoms. The topological polar surface area (TPSA) is 157 Å². The molecule has 0 radical (unpaired) electrons. The minimum atomic E-state index is -1.18. The zero-order chi connectivity index (χ0) is 17.7. The van der Waals surface area contributed by atoms with Crippen LogP contribution in [-0.2, 0) is 4.79 Å². The molecule has 0 aromatic carbocycles. The monoisotopic (exact) mass is 330 g/mol. The van der Waals surface area contributed by atoms with Crippen molar-refractivity contribution in [2.24, 2.45) is 5.73 Å². The Hall–Kier alpha value is -2.56. The SMILES string of the molecule is CCNC(=O)NC(C(N)=O)C1C(CO)N1C(=O)N(C)C(=O)NC. The molecule has 0 spiro atoms. The Morgan fingerprint density at radius 2 is 1.96 bits per heavy atom. The van der Waals surface area contributed by atoms with Crippen LogP contribution in [0.25, 0.3) is 0 Å². The van der Waals surface area contributed by atoms with Gasteiger partial charge in [-0.25, -0.2) is 19.3 Å². The van der Waals surface area contributed by atoms with Crippen molar-refractivity contribution in [1.29, 1.82) is 0 Å². The van der Waals surface area contributed by atoms with E-state index in [-0.39, 0.29) is 0 Å². The molecule has 23 heavy (non-hydrogen) atoms. The largest absolute Gasteiger partial charge is 0.394 e. The van der Waals surface area contributed by atoms with Crippen LogP contribution < -0.4 is 21.7 Å². The Bertz CT molecular complexity index is 498. The van der Waals surface area contributed by atoms with Gasteiger partial charge < -0.3 is 31.7 Å². The summed E-state index contributed by atoms with van der Waals surface area (Å²) in [5.74, 6) is -0.849. The van der Waals surface area contributed by atoms with Gasteiger partial charge in [-0.05, 0) is 6.92 Å². The van der Waals surface area contributed by atoms with Gasteiger partial charge in [0.05, 0.1) is 18.7 Å². The van der Waals surface area contributed by atoms with Crippen molar-refractivity contribution in [1.82, 2.24) is 25.8 Å². The second-order valence-corrected chi connectivity index (χ2v) is 4.93. The Balaban J connectivity index is 2.87. The number of aliphatic hydroxyl groups excluding tert-OH is 1. The van der Waals surface area contributed by atoms with Crippen molar-refractivity contribution in [3.8, 4) is 0 Å². The molecule has 1 aliphatic rings. The fourth-order valence-electron chi connectivity index (χ4n) is 2.25. The highest BCUT2D eigenvalue weighted by atomic mass is 16.3. The van der Waals surface area contributed by atoms with Crippen LogP contribution in [0.15, 0.2) is 0 Å². The van der Waals surface area contributed by atoms with E-state index in [1.165, 1.54) is 14.1 Å². The van der Waals surface area contributed by atoms with Gasteiger partial charge in [-0.1, -0.05) is 0 Å². The number of hydrogen-bond donors (Lipinski definition) is 5. The first-order valence-electron chi connectivity index (χ1n) is 7.02. The Morgan fingerprint density at radius 3 is 2.39 bits per heavy atom. The third kappa shape index (κ3) is 4.00. The molecule has 1 saturated heterocycles. The van der Waals surface area contributed by atoms with Crippen LogP contribution in [-0.4, -0.2) is 84.3 Å². The van der Waals surface area contributed by atoms with E-state index in [1.54, 1.807) is 6.92 Å². The van der Waals surface area contributed by atoms with Crippen LogP contribution in [0.3, 0.4) is 0 Å². The highest BCUT2D eigenvalue weighted by Gasteiger charge is 2.58. The van der Waals surface area contributed by atoms with Gasteiger partial charge in [0.1, 0.15) is 6.04 Å². The summed E-state index contributed by atoms with van der Waals surface area (Å²) in [6, 6.07) is -4.69. The molecule has 11 heteroatoms. The van der Waals surface area contributed by atoms with Crippen LogP contribution in [0.4, 0.5) is 14.4 Å². The van der Waals surface area contributed by atoms with Crippen LogP contribution in [0.2, 0.25) is 0 Å². The van der Waals surface area contributed by atoms with Gasteiger partial charge >= 0.3 is 18.1 Å². The molecule has 7 amide bonds. The van der Waals surface area contributed by atoms with E-state index in [4.69, 9.17) is 5.73 Å². The van der Waals surface area contributed by atoms with E-state index < -0.39 is 48.7 Å². The third-order valence-corrected chi connectivity index (χ3v) is 3.47. The number of carbonyl (C=O) groups excluding carboxylic acids is 4. The second kappa shape index (κ2) is 7.63.